The maximum atomic E-state index is 13.9. The molecular weight excluding hydrogens is 267 g/mol. The fourth-order valence-electron chi connectivity index (χ4n) is 1.88. The summed E-state index contributed by atoms with van der Waals surface area (Å²) in [6, 6.07) is 9.25. The van der Waals surface area contributed by atoms with Crippen LogP contribution < -0.4 is 4.74 Å². The summed E-state index contributed by atoms with van der Waals surface area (Å²) in [6.07, 6.45) is 0. The fourth-order valence-corrected chi connectivity index (χ4v) is 2.06. The molecule has 0 aromatic heterocycles. The van der Waals surface area contributed by atoms with Gasteiger partial charge in [0.1, 0.15) is 17.1 Å². The predicted molar refractivity (Wildman–Crippen MR) is 72.6 cm³/mol. The number of hydrogen-bond acceptors (Lipinski definition) is 2. The van der Waals surface area contributed by atoms with Gasteiger partial charge in [-0.1, -0.05) is 29.8 Å². The van der Waals surface area contributed by atoms with Crippen molar-refractivity contribution in [2.45, 2.75) is 6.92 Å². The predicted octanol–water partition coefficient (Wildman–Crippen LogP) is 4.03. The number of hydrogen-bond donors (Lipinski definition) is 0. The maximum absolute atomic E-state index is 13.9. The van der Waals surface area contributed by atoms with Crippen LogP contribution in [-0.4, -0.2) is 12.9 Å². The number of carbonyl (C=O) groups is 1. The summed E-state index contributed by atoms with van der Waals surface area (Å²) in [5.41, 5.74) is 0.922. The molecule has 0 aliphatic rings. The molecule has 0 atom stereocenters. The van der Waals surface area contributed by atoms with Gasteiger partial charge in [-0.3, -0.25) is 4.79 Å². The quantitative estimate of drug-likeness (QED) is 0.793. The van der Waals surface area contributed by atoms with Crippen molar-refractivity contribution in [2.24, 2.45) is 0 Å². The molecule has 0 amide bonds. The van der Waals surface area contributed by atoms with Gasteiger partial charge in [-0.25, -0.2) is 4.39 Å². The smallest absolute Gasteiger partial charge is 0.200 e. The Labute approximate surface area is 115 Å². The third-order valence-corrected chi connectivity index (χ3v) is 3.34. The van der Waals surface area contributed by atoms with E-state index in [0.717, 1.165) is 0 Å². The molecule has 0 radical (unpaired) electrons. The third-order valence-electron chi connectivity index (χ3n) is 2.93. The molecule has 0 spiro atoms. The molecular formula is C15H12ClFO2. The van der Waals surface area contributed by atoms with E-state index in [1.807, 2.05) is 0 Å². The summed E-state index contributed by atoms with van der Waals surface area (Å²) in [5, 5.41) is 0.473. The second-order valence-corrected chi connectivity index (χ2v) is 4.47. The minimum Gasteiger partial charge on any atom is -0.496 e. The third kappa shape index (κ3) is 2.47. The molecule has 0 aliphatic carbocycles. The Morgan fingerprint density at radius 1 is 1.21 bits per heavy atom. The lowest BCUT2D eigenvalue weighted by atomic mass is 9.98. The van der Waals surface area contributed by atoms with Gasteiger partial charge in [0.05, 0.1) is 7.11 Å². The van der Waals surface area contributed by atoms with E-state index < -0.39 is 11.6 Å². The lowest BCUT2D eigenvalue weighted by Gasteiger charge is -2.10. The largest absolute Gasteiger partial charge is 0.496 e. The number of methoxy groups -OCH3 is 1. The van der Waals surface area contributed by atoms with E-state index in [1.54, 1.807) is 31.2 Å². The minimum atomic E-state index is -0.608. The van der Waals surface area contributed by atoms with Crippen LogP contribution in [0.25, 0.3) is 0 Å². The summed E-state index contributed by atoms with van der Waals surface area (Å²) in [7, 11) is 1.40. The van der Waals surface area contributed by atoms with Gasteiger partial charge in [-0.05, 0) is 30.7 Å². The molecule has 4 heteroatoms. The highest BCUT2D eigenvalue weighted by molar-refractivity contribution is 6.32. The van der Waals surface area contributed by atoms with E-state index in [0.29, 0.717) is 16.1 Å². The zero-order valence-corrected chi connectivity index (χ0v) is 11.3. The Balaban J connectivity index is 2.60. The average molecular weight is 279 g/mol. The van der Waals surface area contributed by atoms with Gasteiger partial charge in [0, 0.05) is 10.6 Å². The van der Waals surface area contributed by atoms with Crippen molar-refractivity contribution in [3.8, 4) is 5.75 Å². The van der Waals surface area contributed by atoms with Gasteiger partial charge in [0.2, 0.25) is 0 Å². The number of carbonyl (C=O) groups excluding carboxylic acids is 1. The molecule has 0 bridgehead atoms. The highest BCUT2D eigenvalue weighted by Crippen LogP contribution is 2.27. The maximum Gasteiger partial charge on any atom is 0.200 e. The van der Waals surface area contributed by atoms with Gasteiger partial charge in [-0.2, -0.15) is 0 Å². The molecule has 0 aliphatic heterocycles. The summed E-state index contributed by atoms with van der Waals surface area (Å²) in [5.74, 6) is -0.831. The first-order valence-corrected chi connectivity index (χ1v) is 6.06. The molecule has 0 saturated carbocycles. The van der Waals surface area contributed by atoms with Crippen molar-refractivity contribution in [1.82, 2.24) is 0 Å². The molecule has 2 aromatic carbocycles. The van der Waals surface area contributed by atoms with Crippen LogP contribution in [0.1, 0.15) is 21.5 Å². The van der Waals surface area contributed by atoms with Crippen molar-refractivity contribution in [1.29, 1.82) is 0 Å². The molecule has 98 valence electrons. The van der Waals surface area contributed by atoms with Crippen molar-refractivity contribution in [2.75, 3.05) is 7.11 Å². The first-order chi connectivity index (χ1) is 9.06. The van der Waals surface area contributed by atoms with Gasteiger partial charge < -0.3 is 4.74 Å². The number of benzene rings is 2. The van der Waals surface area contributed by atoms with Crippen LogP contribution in [-0.2, 0) is 0 Å². The van der Waals surface area contributed by atoms with E-state index in [2.05, 4.69) is 0 Å². The number of rotatable bonds is 3. The lowest BCUT2D eigenvalue weighted by Crippen LogP contribution is -2.08. The molecule has 2 nitrogen and oxygen atoms in total. The topological polar surface area (TPSA) is 26.3 Å². The van der Waals surface area contributed by atoms with E-state index in [9.17, 15) is 9.18 Å². The van der Waals surface area contributed by atoms with Crippen LogP contribution in [0.15, 0.2) is 36.4 Å². The Morgan fingerprint density at radius 2 is 1.89 bits per heavy atom. The summed E-state index contributed by atoms with van der Waals surface area (Å²) < 4.78 is 18.9. The van der Waals surface area contributed by atoms with Crippen LogP contribution >= 0.6 is 11.6 Å². The first kappa shape index (κ1) is 13.6. The molecule has 0 N–H and O–H groups in total. The van der Waals surface area contributed by atoms with Gasteiger partial charge >= 0.3 is 0 Å². The molecule has 0 saturated heterocycles. The van der Waals surface area contributed by atoms with Crippen LogP contribution in [0.4, 0.5) is 4.39 Å². The Bertz CT molecular complexity index is 638. The van der Waals surface area contributed by atoms with Gasteiger partial charge in [0.25, 0.3) is 0 Å². The minimum absolute atomic E-state index is 0.0737. The normalized spacial score (nSPS) is 10.3. The number of ketones is 1. The van der Waals surface area contributed by atoms with Gasteiger partial charge in [-0.15, -0.1) is 0 Å². The van der Waals surface area contributed by atoms with Crippen LogP contribution in [0, 0.1) is 12.7 Å². The Kier molecular flexibility index (Phi) is 3.86. The van der Waals surface area contributed by atoms with Crippen molar-refractivity contribution >= 4 is 17.4 Å². The highest BCUT2D eigenvalue weighted by atomic mass is 35.5. The highest BCUT2D eigenvalue weighted by Gasteiger charge is 2.21. The van der Waals surface area contributed by atoms with Gasteiger partial charge in [0.15, 0.2) is 5.78 Å². The average Bonchev–Trinajstić information content (AvgIpc) is 2.40. The molecule has 19 heavy (non-hydrogen) atoms. The second-order valence-electron chi connectivity index (χ2n) is 4.06. The van der Waals surface area contributed by atoms with E-state index in [4.69, 9.17) is 16.3 Å². The standard InChI is InChI=1S/C15H12ClFO2/c1-9-10(5-3-6-11(9)16)15(18)14-12(17)7-4-8-13(14)19-2/h3-8H,1-2H3. The van der Waals surface area contributed by atoms with E-state index in [-0.39, 0.29) is 11.3 Å². The van der Waals surface area contributed by atoms with Crippen molar-refractivity contribution < 1.29 is 13.9 Å². The van der Waals surface area contributed by atoms with Crippen LogP contribution in [0.3, 0.4) is 0 Å². The van der Waals surface area contributed by atoms with Crippen LogP contribution in [0.5, 0.6) is 5.75 Å². The SMILES string of the molecule is COc1cccc(F)c1C(=O)c1cccc(Cl)c1C. The zero-order chi connectivity index (χ0) is 14.0. The molecule has 2 aromatic rings. The van der Waals surface area contributed by atoms with E-state index in [1.165, 1.54) is 19.2 Å². The summed E-state index contributed by atoms with van der Waals surface area (Å²) >= 11 is 5.98. The van der Waals surface area contributed by atoms with E-state index >= 15 is 0 Å². The molecule has 0 fully saturated rings. The molecule has 0 unspecified atom stereocenters. The number of ether oxygens (including phenoxy) is 1. The fraction of sp³-hybridized carbons (Fsp3) is 0.133. The Hall–Kier alpha value is -1.87. The van der Waals surface area contributed by atoms with Crippen molar-refractivity contribution in [3.63, 3.8) is 0 Å². The number of halogens is 2. The first-order valence-electron chi connectivity index (χ1n) is 5.68. The zero-order valence-electron chi connectivity index (χ0n) is 10.5. The lowest BCUT2D eigenvalue weighted by molar-refractivity contribution is 0.103. The monoisotopic (exact) mass is 278 g/mol. The summed E-state index contributed by atoms with van der Waals surface area (Å²) in [6.45, 7) is 1.73. The molecule has 0 heterocycles. The van der Waals surface area contributed by atoms with Crippen molar-refractivity contribution in [3.05, 3.63) is 63.9 Å². The molecule has 2 rings (SSSR count). The second kappa shape index (κ2) is 5.41. The Morgan fingerprint density at radius 3 is 2.58 bits per heavy atom. The van der Waals surface area contributed by atoms with Crippen LogP contribution in [0.2, 0.25) is 5.02 Å². The summed E-state index contributed by atoms with van der Waals surface area (Å²) in [4.78, 5) is 12.4.